The molecule has 1 aliphatic carbocycles. The molecule has 18 heavy (non-hydrogen) atoms. The van der Waals surface area contributed by atoms with E-state index in [1.165, 1.54) is 0 Å². The first-order valence-corrected chi connectivity index (χ1v) is 6.47. The van der Waals surface area contributed by atoms with Gasteiger partial charge in [0.05, 0.1) is 18.4 Å². The number of likely N-dealkylation sites (N-methyl/N-ethyl adjacent to an activating group) is 1. The summed E-state index contributed by atoms with van der Waals surface area (Å²) in [6, 6.07) is 0. The summed E-state index contributed by atoms with van der Waals surface area (Å²) in [6.45, 7) is 9.72. The van der Waals surface area contributed by atoms with E-state index < -0.39 is 23.2 Å². The summed E-state index contributed by atoms with van der Waals surface area (Å²) in [6.07, 6.45) is 0. The first-order valence-electron chi connectivity index (χ1n) is 6.47. The number of ether oxygens (including phenoxy) is 1. The predicted molar refractivity (Wildman–Crippen MR) is 67.1 cm³/mol. The molecule has 1 rings (SSSR count). The molecule has 0 aromatic carbocycles. The topological polar surface area (TPSA) is 66.8 Å². The Labute approximate surface area is 108 Å². The quantitative estimate of drug-likeness (QED) is 0.697. The summed E-state index contributed by atoms with van der Waals surface area (Å²) in [5.41, 5.74) is -0.429. The lowest BCUT2D eigenvalue weighted by molar-refractivity contribution is -0.142. The van der Waals surface area contributed by atoms with Crippen LogP contribution in [0.25, 0.3) is 0 Å². The summed E-state index contributed by atoms with van der Waals surface area (Å²) >= 11 is 0. The monoisotopic (exact) mass is 257 g/mol. The number of aliphatic carboxylic acids is 1. The Balaban J connectivity index is 2.60. The highest BCUT2D eigenvalue weighted by Gasteiger charge is 2.66. The minimum atomic E-state index is -0.876. The fourth-order valence-corrected chi connectivity index (χ4v) is 2.50. The molecule has 2 atom stereocenters. The largest absolute Gasteiger partial charge is 0.481 e. The minimum Gasteiger partial charge on any atom is -0.481 e. The van der Waals surface area contributed by atoms with E-state index in [1.807, 2.05) is 27.7 Å². The fraction of sp³-hybridized carbons (Fsp3) is 0.846. The number of carbonyl (C=O) groups is 2. The summed E-state index contributed by atoms with van der Waals surface area (Å²) in [5, 5.41) is 9.08. The summed E-state index contributed by atoms with van der Waals surface area (Å²) in [7, 11) is 0. The highest BCUT2D eigenvalue weighted by molar-refractivity contribution is 5.91. The standard InChI is InChI=1S/C13H23NO4/c1-5-14(7-8-18-6-2)11(15)9-10(12(16)17)13(9,3)4/h9-10H,5-8H2,1-4H3,(H,16,17)/t9-,10+/m1/s1. The van der Waals surface area contributed by atoms with Gasteiger partial charge in [-0.25, -0.2) is 0 Å². The second-order valence-electron chi connectivity index (χ2n) is 5.23. The van der Waals surface area contributed by atoms with Crippen molar-refractivity contribution in [2.45, 2.75) is 27.7 Å². The maximum Gasteiger partial charge on any atom is 0.307 e. The Morgan fingerprint density at radius 1 is 1.28 bits per heavy atom. The van der Waals surface area contributed by atoms with Gasteiger partial charge in [-0.3, -0.25) is 9.59 Å². The van der Waals surface area contributed by atoms with Gasteiger partial charge in [-0.2, -0.15) is 0 Å². The lowest BCUT2D eigenvalue weighted by Gasteiger charge is -2.21. The van der Waals surface area contributed by atoms with Crippen LogP contribution in [0.4, 0.5) is 0 Å². The highest BCUT2D eigenvalue weighted by Crippen LogP contribution is 2.58. The van der Waals surface area contributed by atoms with E-state index in [0.717, 1.165) is 0 Å². The van der Waals surface area contributed by atoms with Crippen molar-refractivity contribution in [1.29, 1.82) is 0 Å². The summed E-state index contributed by atoms with van der Waals surface area (Å²) < 4.78 is 5.23. The molecule has 0 saturated heterocycles. The van der Waals surface area contributed by atoms with Crippen LogP contribution < -0.4 is 0 Å². The zero-order chi connectivity index (χ0) is 13.9. The molecule has 1 N–H and O–H groups in total. The van der Waals surface area contributed by atoms with E-state index in [2.05, 4.69) is 0 Å². The average molecular weight is 257 g/mol. The van der Waals surface area contributed by atoms with Gasteiger partial charge in [0.1, 0.15) is 0 Å². The van der Waals surface area contributed by atoms with Gasteiger partial charge in [0, 0.05) is 19.7 Å². The SMILES string of the molecule is CCOCCN(CC)C(=O)[C@H]1[C@@H](C(=O)O)C1(C)C. The van der Waals surface area contributed by atoms with E-state index in [4.69, 9.17) is 9.84 Å². The number of carboxylic acid groups (broad SMARTS) is 1. The fourth-order valence-electron chi connectivity index (χ4n) is 2.50. The smallest absolute Gasteiger partial charge is 0.307 e. The number of rotatable bonds is 7. The van der Waals surface area contributed by atoms with E-state index >= 15 is 0 Å². The molecule has 104 valence electrons. The van der Waals surface area contributed by atoms with Gasteiger partial charge in [0.2, 0.25) is 5.91 Å². The van der Waals surface area contributed by atoms with Crippen LogP contribution in [-0.4, -0.2) is 48.2 Å². The zero-order valence-corrected chi connectivity index (χ0v) is 11.6. The third kappa shape index (κ3) is 2.83. The van der Waals surface area contributed by atoms with E-state index in [1.54, 1.807) is 4.90 Å². The van der Waals surface area contributed by atoms with Crippen molar-refractivity contribution >= 4 is 11.9 Å². The maximum absolute atomic E-state index is 12.3. The second kappa shape index (κ2) is 5.69. The van der Waals surface area contributed by atoms with Crippen molar-refractivity contribution in [1.82, 2.24) is 4.90 Å². The molecule has 0 spiro atoms. The molecule has 1 aliphatic rings. The molecule has 0 aromatic rings. The van der Waals surface area contributed by atoms with Crippen LogP contribution in [-0.2, 0) is 14.3 Å². The predicted octanol–water partition coefficient (Wildman–Crippen LogP) is 1.23. The molecule has 1 fully saturated rings. The van der Waals surface area contributed by atoms with E-state index in [-0.39, 0.29) is 5.91 Å². The number of hydrogen-bond donors (Lipinski definition) is 1. The lowest BCUT2D eigenvalue weighted by Crippen LogP contribution is -2.36. The minimum absolute atomic E-state index is 0.0606. The van der Waals surface area contributed by atoms with Gasteiger partial charge in [-0.15, -0.1) is 0 Å². The van der Waals surface area contributed by atoms with Crippen LogP contribution in [0.5, 0.6) is 0 Å². The van der Waals surface area contributed by atoms with Crippen LogP contribution in [0.3, 0.4) is 0 Å². The van der Waals surface area contributed by atoms with Crippen LogP contribution in [0.2, 0.25) is 0 Å². The lowest BCUT2D eigenvalue weighted by atomic mass is 10.1. The van der Waals surface area contributed by atoms with Gasteiger partial charge >= 0.3 is 5.97 Å². The first kappa shape index (κ1) is 15.0. The molecule has 0 bridgehead atoms. The summed E-state index contributed by atoms with van der Waals surface area (Å²) in [4.78, 5) is 25.0. The van der Waals surface area contributed by atoms with Gasteiger partial charge in [0.15, 0.2) is 0 Å². The molecule has 1 amide bonds. The van der Waals surface area contributed by atoms with Crippen molar-refractivity contribution in [3.8, 4) is 0 Å². The molecule has 5 heteroatoms. The molecular weight excluding hydrogens is 234 g/mol. The number of carbonyl (C=O) groups excluding carboxylic acids is 1. The molecule has 0 unspecified atom stereocenters. The number of amides is 1. The van der Waals surface area contributed by atoms with E-state index in [0.29, 0.717) is 26.3 Å². The Morgan fingerprint density at radius 2 is 1.89 bits per heavy atom. The van der Waals surface area contributed by atoms with Crippen molar-refractivity contribution in [2.24, 2.45) is 17.3 Å². The van der Waals surface area contributed by atoms with Crippen LogP contribution in [0.15, 0.2) is 0 Å². The van der Waals surface area contributed by atoms with E-state index in [9.17, 15) is 9.59 Å². The van der Waals surface area contributed by atoms with Crippen molar-refractivity contribution < 1.29 is 19.4 Å². The van der Waals surface area contributed by atoms with Crippen molar-refractivity contribution in [2.75, 3.05) is 26.3 Å². The first-order chi connectivity index (χ1) is 8.37. The Kier molecular flexibility index (Phi) is 4.73. The van der Waals surface area contributed by atoms with Gasteiger partial charge in [-0.05, 0) is 19.3 Å². The summed E-state index contributed by atoms with van der Waals surface area (Å²) in [5.74, 6) is -1.88. The van der Waals surface area contributed by atoms with Gasteiger partial charge in [0.25, 0.3) is 0 Å². The third-order valence-corrected chi connectivity index (χ3v) is 3.76. The van der Waals surface area contributed by atoms with Gasteiger partial charge in [-0.1, -0.05) is 13.8 Å². The zero-order valence-electron chi connectivity index (χ0n) is 11.6. The molecular formula is C13H23NO4. The normalized spacial score (nSPS) is 24.7. The average Bonchev–Trinajstić information content (AvgIpc) is 2.87. The molecule has 0 heterocycles. The van der Waals surface area contributed by atoms with Crippen molar-refractivity contribution in [3.63, 3.8) is 0 Å². The second-order valence-corrected chi connectivity index (χ2v) is 5.23. The van der Waals surface area contributed by atoms with Crippen LogP contribution in [0.1, 0.15) is 27.7 Å². The Morgan fingerprint density at radius 3 is 2.28 bits per heavy atom. The number of carboxylic acids is 1. The van der Waals surface area contributed by atoms with Crippen LogP contribution in [0, 0.1) is 17.3 Å². The molecule has 0 radical (unpaired) electrons. The molecule has 5 nitrogen and oxygen atoms in total. The Hall–Kier alpha value is -1.10. The molecule has 1 saturated carbocycles. The number of nitrogens with zero attached hydrogens (tertiary/aromatic N) is 1. The van der Waals surface area contributed by atoms with Gasteiger partial charge < -0.3 is 14.7 Å². The Bertz CT molecular complexity index is 327. The number of hydrogen-bond acceptors (Lipinski definition) is 3. The molecule has 0 aliphatic heterocycles. The third-order valence-electron chi connectivity index (χ3n) is 3.76. The highest BCUT2D eigenvalue weighted by atomic mass is 16.5. The van der Waals surface area contributed by atoms with Crippen LogP contribution >= 0.6 is 0 Å². The maximum atomic E-state index is 12.3. The molecule has 0 aromatic heterocycles. The van der Waals surface area contributed by atoms with Crippen molar-refractivity contribution in [3.05, 3.63) is 0 Å².